The molecule has 1 aromatic rings. The van der Waals surface area contributed by atoms with Gasteiger partial charge in [-0.2, -0.15) is 0 Å². The number of hydrogen-bond donors (Lipinski definition) is 0. The molecule has 0 aliphatic carbocycles. The van der Waals surface area contributed by atoms with E-state index in [2.05, 4.69) is 9.97 Å². The highest BCUT2D eigenvalue weighted by Gasteiger charge is 2.25. The maximum absolute atomic E-state index is 12.8. The predicted molar refractivity (Wildman–Crippen MR) is 52.6 cm³/mol. The van der Waals surface area contributed by atoms with Crippen molar-refractivity contribution in [1.82, 2.24) is 9.97 Å². The van der Waals surface area contributed by atoms with Crippen LogP contribution in [0, 0.1) is 0 Å². The molecule has 0 aliphatic rings. The second kappa shape index (κ2) is 5.24. The fraction of sp³-hybridized carbons (Fsp3) is 0.556. The minimum absolute atomic E-state index is 0.108. The van der Waals surface area contributed by atoms with E-state index in [-0.39, 0.29) is 12.8 Å². The summed E-state index contributed by atoms with van der Waals surface area (Å²) in [5.41, 5.74) is 0. The van der Waals surface area contributed by atoms with E-state index in [0.29, 0.717) is 10.9 Å². The number of thioether (sulfide) groups is 1. The van der Waals surface area contributed by atoms with Crippen molar-refractivity contribution in [3.8, 4) is 0 Å². The monoisotopic (exact) mass is 218 g/mol. The van der Waals surface area contributed by atoms with E-state index in [1.54, 1.807) is 18.5 Å². The summed E-state index contributed by atoms with van der Waals surface area (Å²) < 4.78 is 25.6. The number of nitrogens with zero attached hydrogens (tertiary/aromatic N) is 2. The van der Waals surface area contributed by atoms with Crippen molar-refractivity contribution in [2.24, 2.45) is 0 Å². The molecule has 1 aromatic heterocycles. The molecule has 1 rings (SSSR count). The maximum Gasteiger partial charge on any atom is 0.248 e. The summed E-state index contributed by atoms with van der Waals surface area (Å²) >= 11 is 1.26. The molecule has 0 fully saturated rings. The third kappa shape index (κ3) is 4.00. The summed E-state index contributed by atoms with van der Waals surface area (Å²) in [6.45, 7) is 1.49. The molecule has 0 saturated heterocycles. The first-order valence-electron chi connectivity index (χ1n) is 4.42. The molecule has 0 aliphatic heterocycles. The lowest BCUT2D eigenvalue weighted by atomic mass is 10.2. The van der Waals surface area contributed by atoms with Crippen molar-refractivity contribution < 1.29 is 8.78 Å². The molecule has 0 radical (unpaired) electrons. The molecule has 78 valence electrons. The predicted octanol–water partition coefficient (Wildman–Crippen LogP) is 3.00. The topological polar surface area (TPSA) is 25.8 Å². The zero-order valence-electron chi connectivity index (χ0n) is 7.91. The number of alkyl halides is 2. The Kier molecular flexibility index (Phi) is 4.25. The van der Waals surface area contributed by atoms with Crippen LogP contribution in [0.15, 0.2) is 23.6 Å². The van der Waals surface area contributed by atoms with E-state index >= 15 is 0 Å². The van der Waals surface area contributed by atoms with E-state index in [1.165, 1.54) is 18.7 Å². The van der Waals surface area contributed by atoms with Crippen molar-refractivity contribution in [3.63, 3.8) is 0 Å². The van der Waals surface area contributed by atoms with Gasteiger partial charge in [-0.25, -0.2) is 18.7 Å². The van der Waals surface area contributed by atoms with Gasteiger partial charge in [0.2, 0.25) is 5.92 Å². The summed E-state index contributed by atoms with van der Waals surface area (Å²) in [6, 6.07) is 1.70. The van der Waals surface area contributed by atoms with E-state index in [9.17, 15) is 8.78 Å². The molecule has 2 nitrogen and oxygen atoms in total. The highest BCUT2D eigenvalue weighted by Crippen LogP contribution is 2.25. The zero-order chi connectivity index (χ0) is 10.4. The third-order valence-electron chi connectivity index (χ3n) is 1.76. The van der Waals surface area contributed by atoms with Crippen molar-refractivity contribution in [3.05, 3.63) is 18.5 Å². The first-order valence-corrected chi connectivity index (χ1v) is 5.40. The zero-order valence-corrected chi connectivity index (χ0v) is 8.73. The van der Waals surface area contributed by atoms with Crippen LogP contribution in [0.1, 0.15) is 19.8 Å². The molecule has 0 unspecified atom stereocenters. The minimum Gasteiger partial charge on any atom is -0.231 e. The van der Waals surface area contributed by atoms with Gasteiger partial charge in [0, 0.05) is 31.0 Å². The standard InChI is InChI=1S/C9H12F2N2S/c1-2-9(10,11)4-7-14-8-12-5-3-6-13-8/h3,5-6H,2,4,7H2,1H3. The lowest BCUT2D eigenvalue weighted by Gasteiger charge is -2.12. The Bertz CT molecular complexity index is 267. The molecule has 0 bridgehead atoms. The van der Waals surface area contributed by atoms with Gasteiger partial charge in [0.05, 0.1) is 0 Å². The van der Waals surface area contributed by atoms with Gasteiger partial charge in [-0.05, 0) is 6.07 Å². The van der Waals surface area contributed by atoms with Crippen LogP contribution in [0.2, 0.25) is 0 Å². The Hall–Kier alpha value is -0.710. The van der Waals surface area contributed by atoms with E-state index in [1.807, 2.05) is 0 Å². The number of rotatable bonds is 5. The van der Waals surface area contributed by atoms with Gasteiger partial charge in [-0.15, -0.1) is 0 Å². The van der Waals surface area contributed by atoms with Crippen LogP contribution in [0.3, 0.4) is 0 Å². The smallest absolute Gasteiger partial charge is 0.231 e. The van der Waals surface area contributed by atoms with Crippen LogP contribution in [0.25, 0.3) is 0 Å². The molecular weight excluding hydrogens is 206 g/mol. The molecule has 0 amide bonds. The normalized spacial score (nSPS) is 11.6. The van der Waals surface area contributed by atoms with E-state index < -0.39 is 5.92 Å². The second-order valence-electron chi connectivity index (χ2n) is 2.84. The first kappa shape index (κ1) is 11.4. The Morgan fingerprint density at radius 1 is 1.36 bits per heavy atom. The average Bonchev–Trinajstić information content (AvgIpc) is 2.19. The van der Waals surface area contributed by atoms with Crippen molar-refractivity contribution in [2.45, 2.75) is 30.8 Å². The summed E-state index contributed by atoms with van der Waals surface area (Å²) in [6.07, 6.45) is 2.98. The Morgan fingerprint density at radius 2 is 2.00 bits per heavy atom. The third-order valence-corrected chi connectivity index (χ3v) is 2.64. The average molecular weight is 218 g/mol. The number of hydrogen-bond acceptors (Lipinski definition) is 3. The molecule has 5 heteroatoms. The molecule has 0 atom stereocenters. The van der Waals surface area contributed by atoms with Gasteiger partial charge in [-0.1, -0.05) is 18.7 Å². The fourth-order valence-electron chi connectivity index (χ4n) is 0.828. The molecule has 0 saturated carbocycles. The molecule has 0 N–H and O–H groups in total. The van der Waals surface area contributed by atoms with Gasteiger partial charge < -0.3 is 0 Å². The van der Waals surface area contributed by atoms with E-state index in [0.717, 1.165) is 0 Å². The fourth-order valence-corrected chi connectivity index (χ4v) is 1.68. The summed E-state index contributed by atoms with van der Waals surface area (Å²) in [5.74, 6) is -2.20. The largest absolute Gasteiger partial charge is 0.248 e. The van der Waals surface area contributed by atoms with Crippen molar-refractivity contribution in [1.29, 1.82) is 0 Å². The highest BCUT2D eigenvalue weighted by atomic mass is 32.2. The minimum atomic E-state index is -2.55. The molecule has 0 aromatic carbocycles. The Balaban J connectivity index is 2.29. The van der Waals surface area contributed by atoms with Crippen LogP contribution < -0.4 is 0 Å². The van der Waals surface area contributed by atoms with Crippen molar-refractivity contribution in [2.75, 3.05) is 5.75 Å². The number of halogens is 2. The van der Waals surface area contributed by atoms with Gasteiger partial charge in [0.1, 0.15) is 0 Å². The van der Waals surface area contributed by atoms with Gasteiger partial charge in [0.25, 0.3) is 0 Å². The van der Waals surface area contributed by atoms with Crippen LogP contribution in [0.5, 0.6) is 0 Å². The van der Waals surface area contributed by atoms with Gasteiger partial charge in [-0.3, -0.25) is 0 Å². The molecule has 14 heavy (non-hydrogen) atoms. The molecule has 1 heterocycles. The van der Waals surface area contributed by atoms with E-state index in [4.69, 9.17) is 0 Å². The van der Waals surface area contributed by atoms with Gasteiger partial charge in [0.15, 0.2) is 5.16 Å². The van der Waals surface area contributed by atoms with Crippen LogP contribution in [-0.2, 0) is 0 Å². The van der Waals surface area contributed by atoms with Gasteiger partial charge >= 0.3 is 0 Å². The lowest BCUT2D eigenvalue weighted by molar-refractivity contribution is -0.00525. The number of aromatic nitrogens is 2. The summed E-state index contributed by atoms with van der Waals surface area (Å²) in [4.78, 5) is 7.86. The Morgan fingerprint density at radius 3 is 2.57 bits per heavy atom. The van der Waals surface area contributed by atoms with Crippen LogP contribution in [0.4, 0.5) is 8.78 Å². The van der Waals surface area contributed by atoms with Crippen molar-refractivity contribution >= 4 is 11.8 Å². The lowest BCUT2D eigenvalue weighted by Crippen LogP contribution is -2.14. The summed E-state index contributed by atoms with van der Waals surface area (Å²) in [5, 5.41) is 0.555. The second-order valence-corrected chi connectivity index (χ2v) is 3.90. The highest BCUT2D eigenvalue weighted by molar-refractivity contribution is 7.99. The van der Waals surface area contributed by atoms with Crippen LogP contribution >= 0.6 is 11.8 Å². The van der Waals surface area contributed by atoms with Crippen LogP contribution in [-0.4, -0.2) is 21.6 Å². The quantitative estimate of drug-likeness (QED) is 0.561. The Labute approximate surface area is 86.1 Å². The molecular formula is C9H12F2N2S. The maximum atomic E-state index is 12.8. The first-order chi connectivity index (χ1) is 6.64. The molecule has 0 spiro atoms. The SMILES string of the molecule is CCC(F)(F)CCSc1ncccn1. The summed E-state index contributed by atoms with van der Waals surface area (Å²) in [7, 11) is 0.